The van der Waals surface area contributed by atoms with Crippen molar-refractivity contribution in [3.8, 4) is 0 Å². The summed E-state index contributed by atoms with van der Waals surface area (Å²) in [6.07, 6.45) is 4.26. The first-order valence-electron chi connectivity index (χ1n) is 9.52. The fraction of sp³-hybridized carbons (Fsp3) is 1.00. The first-order valence-corrected chi connectivity index (χ1v) is 9.52. The lowest BCUT2D eigenvalue weighted by Gasteiger charge is -2.27. The van der Waals surface area contributed by atoms with Crippen molar-refractivity contribution in [3.05, 3.63) is 0 Å². The number of hydroxylamine groups is 4. The van der Waals surface area contributed by atoms with Gasteiger partial charge in [-0.2, -0.15) is 10.1 Å². The molecule has 0 radical (unpaired) electrons. The summed E-state index contributed by atoms with van der Waals surface area (Å²) in [5, 5.41) is 22.1. The molecule has 0 saturated heterocycles. The van der Waals surface area contributed by atoms with Crippen molar-refractivity contribution in [3.63, 3.8) is 0 Å². The molecule has 146 valence electrons. The van der Waals surface area contributed by atoms with Crippen LogP contribution in [0.25, 0.3) is 0 Å². The van der Waals surface area contributed by atoms with Gasteiger partial charge in [0.2, 0.25) is 0 Å². The summed E-state index contributed by atoms with van der Waals surface area (Å²) >= 11 is 0. The van der Waals surface area contributed by atoms with Crippen molar-refractivity contribution in [1.82, 2.24) is 19.9 Å². The van der Waals surface area contributed by atoms with Crippen LogP contribution in [0, 0.1) is 0 Å². The maximum atomic E-state index is 9.95. The molecule has 4 N–H and O–H groups in total. The molecule has 0 fully saturated rings. The number of rotatable bonds is 17. The first-order chi connectivity index (χ1) is 11.5. The van der Waals surface area contributed by atoms with Gasteiger partial charge in [-0.3, -0.25) is 0 Å². The third-order valence-corrected chi connectivity index (χ3v) is 4.10. The standard InChI is InChI=1S/C17H41N5O2/c1-4-9-20(13-12-19(3)11-7-6-8-18)14-15-22(24)17-16-21(23)10-5-2/h23-24H,4-18H2,1-3H3. The third kappa shape index (κ3) is 14.1. The Hall–Kier alpha value is -0.280. The van der Waals surface area contributed by atoms with E-state index < -0.39 is 0 Å². The molecule has 0 aliphatic rings. The molecule has 0 aromatic heterocycles. The second-order valence-electron chi connectivity index (χ2n) is 6.55. The van der Waals surface area contributed by atoms with Gasteiger partial charge >= 0.3 is 0 Å². The molecule has 0 atom stereocenters. The molecule has 0 heterocycles. The Balaban J connectivity index is 3.92. The topological polar surface area (TPSA) is 79.4 Å². The predicted octanol–water partition coefficient (Wildman–Crippen LogP) is 1.16. The highest BCUT2D eigenvalue weighted by atomic mass is 16.5. The molecule has 0 rings (SSSR count). The number of likely N-dealkylation sites (N-methyl/N-ethyl adjacent to an activating group) is 1. The summed E-state index contributed by atoms with van der Waals surface area (Å²) < 4.78 is 0. The molecule has 24 heavy (non-hydrogen) atoms. The van der Waals surface area contributed by atoms with E-state index in [1.54, 1.807) is 0 Å². The van der Waals surface area contributed by atoms with Gasteiger partial charge in [0.15, 0.2) is 0 Å². The van der Waals surface area contributed by atoms with E-state index in [0.29, 0.717) is 26.2 Å². The molecule has 0 aromatic rings. The maximum Gasteiger partial charge on any atom is 0.0389 e. The van der Waals surface area contributed by atoms with E-state index in [-0.39, 0.29) is 0 Å². The molecular weight excluding hydrogens is 306 g/mol. The monoisotopic (exact) mass is 347 g/mol. The molecular formula is C17H41N5O2. The van der Waals surface area contributed by atoms with E-state index in [9.17, 15) is 10.4 Å². The third-order valence-electron chi connectivity index (χ3n) is 4.10. The highest BCUT2D eigenvalue weighted by molar-refractivity contribution is 4.63. The second-order valence-corrected chi connectivity index (χ2v) is 6.55. The largest absolute Gasteiger partial charge is 0.330 e. The normalized spacial score (nSPS) is 12.2. The van der Waals surface area contributed by atoms with Gasteiger partial charge in [-0.1, -0.05) is 13.8 Å². The van der Waals surface area contributed by atoms with Crippen LogP contribution in [0.3, 0.4) is 0 Å². The Labute approximate surface area is 148 Å². The minimum absolute atomic E-state index is 0.468. The van der Waals surface area contributed by atoms with Gasteiger partial charge in [-0.15, -0.1) is 0 Å². The summed E-state index contributed by atoms with van der Waals surface area (Å²) in [6, 6.07) is 0. The van der Waals surface area contributed by atoms with Crippen LogP contribution in [0.1, 0.15) is 39.5 Å². The van der Waals surface area contributed by atoms with Crippen molar-refractivity contribution >= 4 is 0 Å². The quantitative estimate of drug-likeness (QED) is 0.269. The fourth-order valence-corrected chi connectivity index (χ4v) is 2.57. The Morgan fingerprint density at radius 3 is 1.79 bits per heavy atom. The number of unbranched alkanes of at least 4 members (excludes halogenated alkanes) is 1. The summed E-state index contributed by atoms with van der Waals surface area (Å²) in [4.78, 5) is 4.74. The van der Waals surface area contributed by atoms with Crippen LogP contribution < -0.4 is 5.73 Å². The molecule has 0 aliphatic heterocycles. The van der Waals surface area contributed by atoms with Gasteiger partial charge in [-0.25, -0.2) is 0 Å². The van der Waals surface area contributed by atoms with Gasteiger partial charge in [-0.05, 0) is 52.4 Å². The van der Waals surface area contributed by atoms with Gasteiger partial charge in [0.25, 0.3) is 0 Å². The Morgan fingerprint density at radius 1 is 0.667 bits per heavy atom. The van der Waals surface area contributed by atoms with Crippen molar-refractivity contribution in [2.24, 2.45) is 5.73 Å². The lowest BCUT2D eigenvalue weighted by molar-refractivity contribution is -0.139. The van der Waals surface area contributed by atoms with Gasteiger partial charge < -0.3 is 25.9 Å². The highest BCUT2D eigenvalue weighted by Gasteiger charge is 2.09. The van der Waals surface area contributed by atoms with Crippen LogP contribution >= 0.6 is 0 Å². The second kappa shape index (κ2) is 16.2. The van der Waals surface area contributed by atoms with Crippen LogP contribution in [0.5, 0.6) is 0 Å². The van der Waals surface area contributed by atoms with Crippen LogP contribution in [0.2, 0.25) is 0 Å². The number of hydrogen-bond acceptors (Lipinski definition) is 7. The Kier molecular flexibility index (Phi) is 16.0. The van der Waals surface area contributed by atoms with Crippen molar-refractivity contribution in [1.29, 1.82) is 0 Å². The van der Waals surface area contributed by atoms with Crippen LogP contribution in [-0.4, -0.2) is 103 Å². The zero-order valence-electron chi connectivity index (χ0n) is 16.2. The minimum atomic E-state index is 0.468. The molecule has 0 unspecified atom stereocenters. The van der Waals surface area contributed by atoms with E-state index in [0.717, 1.165) is 65.0 Å². The van der Waals surface area contributed by atoms with E-state index in [2.05, 4.69) is 23.8 Å². The summed E-state index contributed by atoms with van der Waals surface area (Å²) in [5.41, 5.74) is 5.53. The van der Waals surface area contributed by atoms with Crippen LogP contribution in [0.15, 0.2) is 0 Å². The van der Waals surface area contributed by atoms with Gasteiger partial charge in [0, 0.05) is 45.8 Å². The zero-order chi connectivity index (χ0) is 18.2. The molecule has 0 bridgehead atoms. The van der Waals surface area contributed by atoms with Crippen molar-refractivity contribution < 1.29 is 10.4 Å². The Bertz CT molecular complexity index is 271. The van der Waals surface area contributed by atoms with E-state index in [1.165, 1.54) is 10.1 Å². The molecule has 0 saturated carbocycles. The minimum Gasteiger partial charge on any atom is -0.330 e. The van der Waals surface area contributed by atoms with E-state index in [4.69, 9.17) is 5.73 Å². The van der Waals surface area contributed by atoms with Gasteiger partial charge in [0.05, 0.1) is 0 Å². The first kappa shape index (κ1) is 23.7. The molecule has 0 aliphatic carbocycles. The molecule has 0 amide bonds. The summed E-state index contributed by atoms with van der Waals surface area (Å²) in [5.74, 6) is 0. The van der Waals surface area contributed by atoms with Crippen LogP contribution in [-0.2, 0) is 0 Å². The van der Waals surface area contributed by atoms with E-state index >= 15 is 0 Å². The molecule has 0 aromatic carbocycles. The van der Waals surface area contributed by atoms with Crippen molar-refractivity contribution in [2.75, 3.05) is 72.5 Å². The highest BCUT2D eigenvalue weighted by Crippen LogP contribution is 1.97. The van der Waals surface area contributed by atoms with Gasteiger partial charge in [0.1, 0.15) is 0 Å². The fourth-order valence-electron chi connectivity index (χ4n) is 2.57. The summed E-state index contributed by atoms with van der Waals surface area (Å²) in [7, 11) is 2.16. The zero-order valence-corrected chi connectivity index (χ0v) is 16.2. The number of nitrogens with zero attached hydrogens (tertiary/aromatic N) is 4. The van der Waals surface area contributed by atoms with E-state index in [1.807, 2.05) is 6.92 Å². The predicted molar refractivity (Wildman–Crippen MR) is 99.5 cm³/mol. The maximum absolute atomic E-state index is 9.95. The molecule has 7 heteroatoms. The van der Waals surface area contributed by atoms with Crippen molar-refractivity contribution in [2.45, 2.75) is 39.5 Å². The average molecular weight is 348 g/mol. The smallest absolute Gasteiger partial charge is 0.0389 e. The Morgan fingerprint density at radius 2 is 1.21 bits per heavy atom. The lowest BCUT2D eigenvalue weighted by Crippen LogP contribution is -2.40. The molecule has 7 nitrogen and oxygen atoms in total. The van der Waals surface area contributed by atoms with Crippen LogP contribution in [0.4, 0.5) is 0 Å². The lowest BCUT2D eigenvalue weighted by atomic mass is 10.3. The summed E-state index contributed by atoms with van der Waals surface area (Å²) in [6.45, 7) is 12.2. The SMILES string of the molecule is CCCN(O)CCN(O)CCN(CCC)CCN(C)CCCCN. The average Bonchev–Trinajstić information content (AvgIpc) is 2.56. The number of nitrogens with two attached hydrogens (primary N) is 1. The number of hydrogen-bond donors (Lipinski definition) is 3. The molecule has 0 spiro atoms.